The maximum Gasteiger partial charge on any atom is 0.417 e. The zero-order chi connectivity index (χ0) is 32.6. The number of carbonyl (C=O) groups excluding carboxylic acids is 2. The van der Waals surface area contributed by atoms with Gasteiger partial charge in [0.1, 0.15) is 23.2 Å². The van der Waals surface area contributed by atoms with Gasteiger partial charge in [0, 0.05) is 13.0 Å². The third kappa shape index (κ3) is 9.06. The molecule has 8 nitrogen and oxygen atoms in total. The van der Waals surface area contributed by atoms with Gasteiger partial charge < -0.3 is 23.7 Å². The van der Waals surface area contributed by atoms with Crippen molar-refractivity contribution in [3.8, 4) is 0 Å². The van der Waals surface area contributed by atoms with Crippen LogP contribution in [0, 0.1) is 11.8 Å². The van der Waals surface area contributed by atoms with Crippen molar-refractivity contribution < 1.29 is 33.3 Å². The van der Waals surface area contributed by atoms with Gasteiger partial charge in [-0.1, -0.05) is 81.4 Å². The molecule has 1 aromatic heterocycles. The largest absolute Gasteiger partial charge is 0.462 e. The molecule has 2 heterocycles. The highest BCUT2D eigenvalue weighted by atomic mass is 79.9. The van der Waals surface area contributed by atoms with E-state index in [1.807, 2.05) is 88.4 Å². The van der Waals surface area contributed by atoms with E-state index in [1.54, 1.807) is 6.07 Å². The molecule has 4 rings (SSSR count). The summed E-state index contributed by atoms with van der Waals surface area (Å²) in [4.78, 5) is 28.3. The molecule has 1 saturated heterocycles. The second kappa shape index (κ2) is 16.0. The van der Waals surface area contributed by atoms with E-state index in [0.29, 0.717) is 42.9 Å². The first kappa shape index (κ1) is 34.9. The molecule has 2 amide bonds. The summed E-state index contributed by atoms with van der Waals surface area (Å²) in [6.07, 6.45) is 0.395. The average molecular weight is 685 g/mol. The highest BCUT2D eigenvalue weighted by Gasteiger charge is 2.53. The van der Waals surface area contributed by atoms with Gasteiger partial charge in [0.25, 0.3) is 0 Å². The van der Waals surface area contributed by atoms with Crippen LogP contribution in [0.2, 0.25) is 0 Å². The molecule has 1 fully saturated rings. The SMILES string of the molecule is CC[C@@H](COCCCc1oc([C@@H](O)[C@H](Cc2ccccc2)C(=O)N2C(=O)OC(C)(C)C2C(C)C)cc1Br)OCc1ccccc1. The lowest BCUT2D eigenvalue weighted by atomic mass is 9.86. The minimum atomic E-state index is -1.28. The van der Waals surface area contributed by atoms with Gasteiger partial charge >= 0.3 is 6.09 Å². The van der Waals surface area contributed by atoms with Crippen LogP contribution < -0.4 is 0 Å². The number of halogens is 1. The van der Waals surface area contributed by atoms with Gasteiger partial charge in [-0.05, 0) is 72.2 Å². The van der Waals surface area contributed by atoms with E-state index in [9.17, 15) is 14.7 Å². The number of aryl methyl sites for hydroxylation is 1. The molecule has 3 aromatic rings. The molecule has 0 bridgehead atoms. The number of hydrogen-bond donors (Lipinski definition) is 1. The van der Waals surface area contributed by atoms with Crippen molar-refractivity contribution in [2.45, 2.75) is 90.8 Å². The molecule has 1 aliphatic heterocycles. The first-order valence-corrected chi connectivity index (χ1v) is 16.6. The van der Waals surface area contributed by atoms with Gasteiger partial charge in [-0.25, -0.2) is 9.69 Å². The molecule has 9 heteroatoms. The smallest absolute Gasteiger partial charge is 0.417 e. The summed E-state index contributed by atoms with van der Waals surface area (Å²) in [5.41, 5.74) is 1.15. The first-order valence-electron chi connectivity index (χ1n) is 15.8. The van der Waals surface area contributed by atoms with Crippen molar-refractivity contribution >= 4 is 27.9 Å². The standard InChI is InChI=1S/C36H46BrNO7/c1-6-27(43-22-26-16-11-8-12-17-26)23-42-19-13-18-30-29(37)21-31(44-30)32(39)28(20-25-14-9-7-10-15-25)34(40)38-33(24(2)3)36(4,5)45-35(38)41/h7-12,14-17,21,24,27-28,32-33,39H,6,13,18-20,22-23H2,1-5H3/t27-,28-,32-,33?/m0/s1. The van der Waals surface area contributed by atoms with Crippen molar-refractivity contribution in [2.24, 2.45) is 11.8 Å². The Labute approximate surface area is 275 Å². The number of nitrogens with zero attached hydrogens (tertiary/aromatic N) is 1. The van der Waals surface area contributed by atoms with Crippen molar-refractivity contribution in [3.63, 3.8) is 0 Å². The van der Waals surface area contributed by atoms with Crippen LogP contribution in [0.4, 0.5) is 4.79 Å². The molecule has 1 unspecified atom stereocenters. The molecular formula is C36H46BrNO7. The van der Waals surface area contributed by atoms with Gasteiger partial charge in [-0.3, -0.25) is 4.79 Å². The quantitative estimate of drug-likeness (QED) is 0.155. The highest BCUT2D eigenvalue weighted by molar-refractivity contribution is 9.10. The predicted octanol–water partition coefficient (Wildman–Crippen LogP) is 7.66. The minimum Gasteiger partial charge on any atom is -0.462 e. The fourth-order valence-corrected chi connectivity index (χ4v) is 6.53. The number of cyclic esters (lactones) is 1. The monoisotopic (exact) mass is 683 g/mol. The number of benzene rings is 2. The zero-order valence-corrected chi connectivity index (χ0v) is 28.5. The molecule has 45 heavy (non-hydrogen) atoms. The molecule has 1 N–H and O–H groups in total. The van der Waals surface area contributed by atoms with Crippen LogP contribution in [0.3, 0.4) is 0 Å². The number of ether oxygens (including phenoxy) is 3. The van der Waals surface area contributed by atoms with E-state index in [0.717, 1.165) is 17.5 Å². The van der Waals surface area contributed by atoms with Crippen LogP contribution in [-0.4, -0.2) is 53.0 Å². The van der Waals surface area contributed by atoms with Crippen LogP contribution in [0.15, 0.2) is 75.6 Å². The number of aliphatic hydroxyl groups excluding tert-OH is 1. The van der Waals surface area contributed by atoms with Crippen LogP contribution in [0.25, 0.3) is 0 Å². The average Bonchev–Trinajstić information content (AvgIpc) is 3.51. The molecule has 244 valence electrons. The third-order valence-corrected chi connectivity index (χ3v) is 8.92. The molecule has 0 saturated carbocycles. The van der Waals surface area contributed by atoms with E-state index in [-0.39, 0.29) is 24.2 Å². The van der Waals surface area contributed by atoms with Gasteiger partial charge in [0.2, 0.25) is 5.91 Å². The molecule has 4 atom stereocenters. The Morgan fingerprint density at radius 1 is 1.07 bits per heavy atom. The lowest BCUT2D eigenvalue weighted by molar-refractivity contribution is -0.139. The van der Waals surface area contributed by atoms with Gasteiger partial charge in [-0.15, -0.1) is 0 Å². The Kier molecular flexibility index (Phi) is 12.4. The highest BCUT2D eigenvalue weighted by Crippen LogP contribution is 2.38. The number of hydrogen-bond acceptors (Lipinski definition) is 7. The second-order valence-corrected chi connectivity index (χ2v) is 13.4. The number of imide groups is 1. The fourth-order valence-electron chi connectivity index (χ4n) is 6.03. The Balaban J connectivity index is 1.40. The number of carbonyl (C=O) groups is 2. The summed E-state index contributed by atoms with van der Waals surface area (Å²) in [5, 5.41) is 11.6. The third-order valence-electron chi connectivity index (χ3n) is 8.25. The van der Waals surface area contributed by atoms with Crippen molar-refractivity contribution in [1.29, 1.82) is 0 Å². The molecule has 0 spiro atoms. The van der Waals surface area contributed by atoms with E-state index in [1.165, 1.54) is 4.90 Å². The van der Waals surface area contributed by atoms with E-state index >= 15 is 0 Å². The van der Waals surface area contributed by atoms with Crippen LogP contribution >= 0.6 is 15.9 Å². The van der Waals surface area contributed by atoms with Crippen molar-refractivity contribution in [2.75, 3.05) is 13.2 Å². The number of aliphatic hydroxyl groups is 1. The molecule has 0 radical (unpaired) electrons. The van der Waals surface area contributed by atoms with E-state index < -0.39 is 35.7 Å². The summed E-state index contributed by atoms with van der Waals surface area (Å²) >= 11 is 3.57. The normalized spacial score (nSPS) is 18.2. The van der Waals surface area contributed by atoms with E-state index in [4.69, 9.17) is 18.6 Å². The van der Waals surface area contributed by atoms with Gasteiger partial charge in [0.15, 0.2) is 0 Å². The van der Waals surface area contributed by atoms with E-state index in [2.05, 4.69) is 22.9 Å². The predicted molar refractivity (Wildman–Crippen MR) is 175 cm³/mol. The van der Waals surface area contributed by atoms with Crippen molar-refractivity contribution in [3.05, 3.63) is 93.9 Å². The minimum absolute atomic E-state index is 0.00940. The first-order chi connectivity index (χ1) is 21.5. The topological polar surface area (TPSA) is 98.4 Å². The lowest BCUT2D eigenvalue weighted by Gasteiger charge is -2.33. The summed E-state index contributed by atoms with van der Waals surface area (Å²) in [6, 6.07) is 20.8. The van der Waals surface area contributed by atoms with Crippen molar-refractivity contribution in [1.82, 2.24) is 4.90 Å². The second-order valence-electron chi connectivity index (χ2n) is 12.5. The van der Waals surface area contributed by atoms with Gasteiger partial charge in [0.05, 0.1) is 35.8 Å². The molecule has 0 aliphatic carbocycles. The Hall–Kier alpha value is -2.98. The summed E-state index contributed by atoms with van der Waals surface area (Å²) in [7, 11) is 0. The van der Waals surface area contributed by atoms with Gasteiger partial charge in [-0.2, -0.15) is 0 Å². The number of amides is 2. The Morgan fingerprint density at radius 2 is 1.71 bits per heavy atom. The number of furan rings is 1. The molecule has 1 aliphatic rings. The Bertz CT molecular complexity index is 1370. The number of rotatable bonds is 16. The maximum absolute atomic E-state index is 14.1. The van der Waals surface area contributed by atoms with Crippen LogP contribution in [0.5, 0.6) is 0 Å². The van der Waals surface area contributed by atoms with Crippen LogP contribution in [-0.2, 0) is 38.5 Å². The lowest BCUT2D eigenvalue weighted by Crippen LogP contribution is -2.50. The zero-order valence-electron chi connectivity index (χ0n) is 26.9. The molecular weight excluding hydrogens is 638 g/mol. The van der Waals surface area contributed by atoms with Crippen LogP contribution in [0.1, 0.15) is 76.2 Å². The summed E-state index contributed by atoms with van der Waals surface area (Å²) in [6.45, 7) is 11.2. The summed E-state index contributed by atoms with van der Waals surface area (Å²) < 4.78 is 24.4. The molecule has 2 aromatic carbocycles. The summed E-state index contributed by atoms with van der Waals surface area (Å²) in [5.74, 6) is -0.568. The Morgan fingerprint density at radius 3 is 2.33 bits per heavy atom. The maximum atomic E-state index is 14.1. The fraction of sp³-hybridized carbons (Fsp3) is 0.500.